The van der Waals surface area contributed by atoms with Crippen LogP contribution in [0.1, 0.15) is 16.8 Å². The molecule has 0 aliphatic carbocycles. The van der Waals surface area contributed by atoms with Crippen LogP contribution >= 0.6 is 0 Å². The maximum absolute atomic E-state index is 13.8. The zero-order valence-electron chi connectivity index (χ0n) is 18.4. The van der Waals surface area contributed by atoms with Crippen molar-refractivity contribution in [1.29, 1.82) is 0 Å². The van der Waals surface area contributed by atoms with Crippen LogP contribution in [0.25, 0.3) is 22.4 Å². The predicted molar refractivity (Wildman–Crippen MR) is 122 cm³/mol. The van der Waals surface area contributed by atoms with Crippen molar-refractivity contribution in [2.24, 2.45) is 0 Å². The molecule has 0 saturated heterocycles. The van der Waals surface area contributed by atoms with E-state index in [1.807, 2.05) is 31.2 Å². The van der Waals surface area contributed by atoms with Crippen molar-refractivity contribution in [3.05, 3.63) is 89.9 Å². The molecule has 1 aromatic heterocycles. The lowest BCUT2D eigenvalue weighted by Gasteiger charge is -2.17. The van der Waals surface area contributed by atoms with Gasteiger partial charge in [0, 0.05) is 17.2 Å². The molecule has 174 valence electrons. The molecule has 0 atom stereocenters. The van der Waals surface area contributed by atoms with Gasteiger partial charge < -0.3 is 14.6 Å². The Morgan fingerprint density at radius 1 is 0.912 bits per heavy atom. The molecule has 0 bridgehead atoms. The molecule has 0 aliphatic rings. The van der Waals surface area contributed by atoms with Crippen LogP contribution in [-0.4, -0.2) is 22.2 Å². The first-order valence-corrected chi connectivity index (χ1v) is 10.3. The summed E-state index contributed by atoms with van der Waals surface area (Å²) >= 11 is 0. The number of aromatic hydroxyl groups is 1. The monoisotopic (exact) mass is 466 g/mol. The van der Waals surface area contributed by atoms with Gasteiger partial charge in [0.05, 0.1) is 12.8 Å². The second-order valence-corrected chi connectivity index (χ2v) is 7.57. The molecule has 0 saturated carbocycles. The molecule has 0 unspecified atom stereocenters. The van der Waals surface area contributed by atoms with Crippen LogP contribution in [0.5, 0.6) is 17.2 Å². The summed E-state index contributed by atoms with van der Waals surface area (Å²) in [5, 5.41) is 10.7. The largest absolute Gasteiger partial charge is 0.507 e. The first-order chi connectivity index (χ1) is 16.3. The van der Waals surface area contributed by atoms with Gasteiger partial charge in [-0.1, -0.05) is 36.4 Å². The zero-order valence-corrected chi connectivity index (χ0v) is 18.4. The fraction of sp³-hybridized carbons (Fsp3) is 0.154. The second kappa shape index (κ2) is 9.43. The van der Waals surface area contributed by atoms with E-state index in [2.05, 4.69) is 9.97 Å². The van der Waals surface area contributed by atoms with E-state index in [1.165, 1.54) is 31.4 Å². The Morgan fingerprint density at radius 2 is 1.62 bits per heavy atom. The van der Waals surface area contributed by atoms with Crippen molar-refractivity contribution >= 4 is 0 Å². The Hall–Kier alpha value is -4.07. The third kappa shape index (κ3) is 4.80. The number of aromatic nitrogens is 2. The Morgan fingerprint density at radius 3 is 2.26 bits per heavy atom. The predicted octanol–water partition coefficient (Wildman–Crippen LogP) is 6.43. The van der Waals surface area contributed by atoms with Gasteiger partial charge in [0.2, 0.25) is 0 Å². The number of methoxy groups -OCH3 is 1. The molecule has 0 aliphatic heterocycles. The molecular weight excluding hydrogens is 445 g/mol. The number of aryl methyl sites for hydroxylation is 1. The molecule has 1 N–H and O–H groups in total. The number of phenols is 1. The Labute approximate surface area is 194 Å². The van der Waals surface area contributed by atoms with Crippen molar-refractivity contribution in [2.75, 3.05) is 7.11 Å². The van der Waals surface area contributed by atoms with Crippen molar-refractivity contribution in [1.82, 2.24) is 9.97 Å². The van der Waals surface area contributed by atoms with Crippen LogP contribution in [0.15, 0.2) is 73.1 Å². The molecule has 3 aromatic carbocycles. The molecule has 0 fully saturated rings. The van der Waals surface area contributed by atoms with Gasteiger partial charge in [-0.15, -0.1) is 0 Å². The highest BCUT2D eigenvalue weighted by atomic mass is 19.4. The van der Waals surface area contributed by atoms with Crippen molar-refractivity contribution in [3.8, 4) is 39.6 Å². The number of hydrogen-bond donors (Lipinski definition) is 1. The van der Waals surface area contributed by atoms with Crippen LogP contribution in [0.3, 0.4) is 0 Å². The smallest absolute Gasteiger partial charge is 0.434 e. The van der Waals surface area contributed by atoms with Gasteiger partial charge in [-0.3, -0.25) is 0 Å². The lowest BCUT2D eigenvalue weighted by Crippen LogP contribution is -2.12. The number of ether oxygens (including phenoxy) is 2. The molecule has 34 heavy (non-hydrogen) atoms. The van der Waals surface area contributed by atoms with E-state index in [4.69, 9.17) is 9.47 Å². The highest BCUT2D eigenvalue weighted by Gasteiger charge is 2.37. The van der Waals surface area contributed by atoms with E-state index in [0.717, 1.165) is 17.5 Å². The van der Waals surface area contributed by atoms with Crippen LogP contribution < -0.4 is 9.47 Å². The fourth-order valence-electron chi connectivity index (χ4n) is 3.57. The average molecular weight is 466 g/mol. The average Bonchev–Trinajstić information content (AvgIpc) is 2.83. The van der Waals surface area contributed by atoms with E-state index in [0.29, 0.717) is 11.5 Å². The van der Waals surface area contributed by atoms with Gasteiger partial charge in [-0.25, -0.2) is 9.97 Å². The minimum Gasteiger partial charge on any atom is -0.507 e. The SMILES string of the molecule is COc1ccc(-c2c(-c3ccc(OCc4ccccc4C)cc3O)ncnc2C(F)(F)F)cc1. The number of alkyl halides is 3. The van der Waals surface area contributed by atoms with Gasteiger partial charge in [0.1, 0.15) is 30.2 Å². The second-order valence-electron chi connectivity index (χ2n) is 7.57. The van der Waals surface area contributed by atoms with E-state index < -0.39 is 11.9 Å². The first-order valence-electron chi connectivity index (χ1n) is 10.3. The number of hydrogen-bond acceptors (Lipinski definition) is 5. The van der Waals surface area contributed by atoms with Crippen LogP contribution in [0.4, 0.5) is 13.2 Å². The summed E-state index contributed by atoms with van der Waals surface area (Å²) in [6.45, 7) is 2.25. The van der Waals surface area contributed by atoms with Crippen molar-refractivity contribution < 1.29 is 27.8 Å². The fourth-order valence-corrected chi connectivity index (χ4v) is 3.57. The summed E-state index contributed by atoms with van der Waals surface area (Å²) in [5.74, 6) is 0.609. The van der Waals surface area contributed by atoms with Crippen LogP contribution in [0, 0.1) is 6.92 Å². The summed E-state index contributed by atoms with van der Waals surface area (Å²) in [4.78, 5) is 7.59. The van der Waals surface area contributed by atoms with E-state index in [1.54, 1.807) is 18.2 Å². The lowest BCUT2D eigenvalue weighted by atomic mass is 9.96. The van der Waals surface area contributed by atoms with Gasteiger partial charge >= 0.3 is 6.18 Å². The Balaban J connectivity index is 1.74. The molecule has 5 nitrogen and oxygen atoms in total. The van der Waals surface area contributed by atoms with E-state index >= 15 is 0 Å². The summed E-state index contributed by atoms with van der Waals surface area (Å²) in [6, 6.07) is 18.2. The molecule has 0 amide bonds. The summed E-state index contributed by atoms with van der Waals surface area (Å²) in [6.07, 6.45) is -3.88. The molecule has 0 radical (unpaired) electrons. The highest BCUT2D eigenvalue weighted by molar-refractivity contribution is 5.85. The number of rotatable bonds is 6. The van der Waals surface area contributed by atoms with Crippen molar-refractivity contribution in [2.45, 2.75) is 19.7 Å². The third-order valence-corrected chi connectivity index (χ3v) is 5.37. The minimum absolute atomic E-state index is 0.0459. The third-order valence-electron chi connectivity index (χ3n) is 5.37. The highest BCUT2D eigenvalue weighted by Crippen LogP contribution is 2.43. The van der Waals surface area contributed by atoms with Gasteiger partial charge in [-0.05, 0) is 47.9 Å². The number of benzene rings is 3. The number of halogens is 3. The first kappa shape index (κ1) is 23.1. The van der Waals surface area contributed by atoms with Gasteiger partial charge in [-0.2, -0.15) is 13.2 Å². The zero-order chi connectivity index (χ0) is 24.3. The van der Waals surface area contributed by atoms with Crippen LogP contribution in [0.2, 0.25) is 0 Å². The van der Waals surface area contributed by atoms with E-state index in [9.17, 15) is 18.3 Å². The topological polar surface area (TPSA) is 64.5 Å². The van der Waals surface area contributed by atoms with Crippen LogP contribution in [-0.2, 0) is 12.8 Å². The Bertz CT molecular complexity index is 1310. The molecule has 4 aromatic rings. The quantitative estimate of drug-likeness (QED) is 0.355. The summed E-state index contributed by atoms with van der Waals surface area (Å²) in [7, 11) is 1.47. The number of nitrogens with zero attached hydrogens (tertiary/aromatic N) is 2. The van der Waals surface area contributed by atoms with Crippen molar-refractivity contribution in [3.63, 3.8) is 0 Å². The normalized spacial score (nSPS) is 11.3. The number of phenolic OH excluding ortho intramolecular Hbond substituents is 1. The molecular formula is C26H21F3N2O3. The maximum Gasteiger partial charge on any atom is 0.434 e. The maximum atomic E-state index is 13.8. The summed E-state index contributed by atoms with van der Waals surface area (Å²) < 4.78 is 52.4. The summed E-state index contributed by atoms with van der Waals surface area (Å²) in [5.41, 5.74) is 1.04. The minimum atomic E-state index is -4.72. The standard InChI is InChI=1S/C26H21F3N2O3/c1-16-5-3-4-6-18(16)14-34-20-11-12-21(22(32)13-20)24-23(17-7-9-19(33-2)10-8-17)25(26(27,28)29)31-15-30-24/h3-13,15,32H,14H2,1-2H3. The molecule has 1 heterocycles. The lowest BCUT2D eigenvalue weighted by molar-refractivity contribution is -0.140. The van der Waals surface area contributed by atoms with Gasteiger partial charge in [0.25, 0.3) is 0 Å². The molecule has 4 rings (SSSR count). The molecule has 0 spiro atoms. The van der Waals surface area contributed by atoms with Gasteiger partial charge in [0.15, 0.2) is 5.69 Å². The Kier molecular flexibility index (Phi) is 6.40. The molecule has 8 heteroatoms. The van der Waals surface area contributed by atoms with E-state index in [-0.39, 0.29) is 34.7 Å².